The van der Waals surface area contributed by atoms with Gasteiger partial charge >= 0.3 is 10.1 Å². The highest BCUT2D eigenvalue weighted by Crippen LogP contribution is 2.37. The Morgan fingerprint density at radius 3 is 2.58 bits per heavy atom. The monoisotopic (exact) mass is 533 g/mol. The normalized spacial score (nSPS) is 16.1. The molecule has 0 atom stereocenters. The van der Waals surface area contributed by atoms with Crippen LogP contribution in [0.1, 0.15) is 52.1 Å². The first-order valence-corrected chi connectivity index (χ1v) is 14.4. The predicted octanol–water partition coefficient (Wildman–Crippen LogP) is 4.18. The van der Waals surface area contributed by atoms with Crippen LogP contribution in [0.15, 0.2) is 41.3 Å². The average Bonchev–Trinajstić information content (AvgIpc) is 3.55. The van der Waals surface area contributed by atoms with Gasteiger partial charge in [0.25, 0.3) is 5.91 Å². The number of benzene rings is 2. The van der Waals surface area contributed by atoms with Gasteiger partial charge in [0.2, 0.25) is 0 Å². The SMILES string of the molecule is Cc1nn(C)c(C)c1S(=O)(=O)Oc1ccc(-c2cc3cc(CN4CCCCC4)ccc3[nH]2)c2c1CNC2=O. The molecule has 0 radical (unpaired) electrons. The number of nitrogens with one attached hydrogen (secondary N) is 2. The van der Waals surface area contributed by atoms with Gasteiger partial charge in [0.05, 0.1) is 17.0 Å². The van der Waals surface area contributed by atoms with Gasteiger partial charge in [0.1, 0.15) is 10.6 Å². The van der Waals surface area contributed by atoms with Gasteiger partial charge in [-0.2, -0.15) is 13.5 Å². The maximum atomic E-state index is 13.2. The van der Waals surface area contributed by atoms with E-state index in [0.717, 1.165) is 36.2 Å². The van der Waals surface area contributed by atoms with Gasteiger partial charge in [-0.25, -0.2) is 0 Å². The van der Waals surface area contributed by atoms with Crippen molar-refractivity contribution in [3.63, 3.8) is 0 Å². The molecule has 2 N–H and O–H groups in total. The van der Waals surface area contributed by atoms with Crippen molar-refractivity contribution in [3.8, 4) is 17.0 Å². The van der Waals surface area contributed by atoms with Crippen LogP contribution in [-0.4, -0.2) is 47.1 Å². The molecular formula is C28H31N5O4S. The lowest BCUT2D eigenvalue weighted by Gasteiger charge is -2.26. The summed E-state index contributed by atoms with van der Waals surface area (Å²) in [6.07, 6.45) is 3.82. The van der Waals surface area contributed by atoms with Gasteiger partial charge in [-0.1, -0.05) is 12.5 Å². The molecule has 2 aromatic carbocycles. The molecule has 2 aliphatic heterocycles. The third-order valence-corrected chi connectivity index (χ3v) is 9.13. The van der Waals surface area contributed by atoms with Gasteiger partial charge in [0, 0.05) is 47.9 Å². The number of amides is 1. The number of nitrogens with zero attached hydrogens (tertiary/aromatic N) is 3. The zero-order chi connectivity index (χ0) is 26.6. The van der Waals surface area contributed by atoms with E-state index in [4.69, 9.17) is 4.18 Å². The summed E-state index contributed by atoms with van der Waals surface area (Å²) in [7, 11) is -2.45. The van der Waals surface area contributed by atoms with Crippen LogP contribution in [0.5, 0.6) is 5.75 Å². The van der Waals surface area contributed by atoms with Crippen LogP contribution >= 0.6 is 0 Å². The molecule has 6 rings (SSSR count). The first kappa shape index (κ1) is 24.7. The lowest BCUT2D eigenvalue weighted by molar-refractivity contribution is 0.0966. The summed E-state index contributed by atoms with van der Waals surface area (Å²) < 4.78 is 33.5. The molecule has 2 aliphatic rings. The number of fused-ring (bicyclic) bond motifs is 2. The maximum Gasteiger partial charge on any atom is 0.342 e. The molecule has 1 fully saturated rings. The highest BCUT2D eigenvalue weighted by Gasteiger charge is 2.32. The molecule has 4 aromatic rings. The second-order valence-corrected chi connectivity index (χ2v) is 11.7. The van der Waals surface area contributed by atoms with Crippen LogP contribution in [-0.2, 0) is 30.3 Å². The van der Waals surface area contributed by atoms with Crippen molar-refractivity contribution in [2.24, 2.45) is 7.05 Å². The van der Waals surface area contributed by atoms with Crippen LogP contribution < -0.4 is 9.50 Å². The summed E-state index contributed by atoms with van der Waals surface area (Å²) in [4.78, 5) is 18.9. The van der Waals surface area contributed by atoms with Crippen molar-refractivity contribution < 1.29 is 17.4 Å². The molecule has 0 unspecified atom stereocenters. The van der Waals surface area contributed by atoms with Gasteiger partial charge in [-0.05, 0) is 75.7 Å². The maximum absolute atomic E-state index is 13.2. The average molecular weight is 534 g/mol. The lowest BCUT2D eigenvalue weighted by Crippen LogP contribution is -2.28. The van der Waals surface area contributed by atoms with Crippen LogP contribution in [0.3, 0.4) is 0 Å². The van der Waals surface area contributed by atoms with Crippen molar-refractivity contribution in [2.45, 2.75) is 51.1 Å². The Balaban J connectivity index is 1.34. The lowest BCUT2D eigenvalue weighted by atomic mass is 9.99. The third kappa shape index (κ3) is 4.27. The Kier molecular flexibility index (Phi) is 6.03. The number of rotatable bonds is 6. The van der Waals surface area contributed by atoms with Crippen molar-refractivity contribution in [2.75, 3.05) is 13.1 Å². The zero-order valence-electron chi connectivity index (χ0n) is 21.8. The molecule has 9 nitrogen and oxygen atoms in total. The van der Waals surface area contributed by atoms with E-state index in [-0.39, 0.29) is 23.1 Å². The fraction of sp³-hybridized carbons (Fsp3) is 0.357. The fourth-order valence-corrected chi connectivity index (χ4v) is 7.07. The Labute approximate surface area is 221 Å². The molecule has 4 heterocycles. The minimum absolute atomic E-state index is 0.0473. The highest BCUT2D eigenvalue weighted by atomic mass is 32.2. The standard InChI is InChI=1S/C28H31N5O4S/c1-17-27(18(2)32(3)31-17)38(35,36)37-25-10-8-21(26-22(25)15-29-28(26)34)24-14-20-13-19(7-9-23(20)30-24)16-33-11-5-4-6-12-33/h7-10,13-14,30H,4-6,11-12,15-16H2,1-3H3,(H,29,34). The van der Waals surface area contributed by atoms with Crippen molar-refractivity contribution >= 4 is 26.9 Å². The van der Waals surface area contributed by atoms with Crippen LogP contribution in [0.25, 0.3) is 22.2 Å². The summed E-state index contributed by atoms with van der Waals surface area (Å²) in [5.41, 5.74) is 5.58. The van der Waals surface area contributed by atoms with Crippen molar-refractivity contribution in [1.82, 2.24) is 25.0 Å². The minimum atomic E-state index is -4.14. The fourth-order valence-electron chi connectivity index (χ4n) is 5.70. The minimum Gasteiger partial charge on any atom is -0.378 e. The van der Waals surface area contributed by atoms with E-state index in [2.05, 4.69) is 44.6 Å². The van der Waals surface area contributed by atoms with Gasteiger partial charge in [-0.3, -0.25) is 14.4 Å². The number of piperidine rings is 1. The molecule has 0 spiro atoms. The third-order valence-electron chi connectivity index (χ3n) is 7.65. The van der Waals surface area contributed by atoms with Crippen molar-refractivity contribution in [1.29, 1.82) is 0 Å². The summed E-state index contributed by atoms with van der Waals surface area (Å²) in [6, 6.07) is 11.9. The first-order chi connectivity index (χ1) is 18.2. The molecule has 1 amide bonds. The highest BCUT2D eigenvalue weighted by molar-refractivity contribution is 7.87. The predicted molar refractivity (Wildman–Crippen MR) is 145 cm³/mol. The summed E-state index contributed by atoms with van der Waals surface area (Å²) >= 11 is 0. The number of hydrogen-bond donors (Lipinski definition) is 2. The molecule has 10 heteroatoms. The van der Waals surface area contributed by atoms with E-state index in [1.54, 1.807) is 33.0 Å². The number of hydrogen-bond acceptors (Lipinski definition) is 6. The Bertz CT molecular complexity index is 1680. The van der Waals surface area contributed by atoms with Crippen molar-refractivity contribution in [3.05, 3.63) is 64.5 Å². The second-order valence-electron chi connectivity index (χ2n) is 10.2. The smallest absolute Gasteiger partial charge is 0.342 e. The van der Waals surface area contributed by atoms with E-state index in [9.17, 15) is 13.2 Å². The molecule has 0 saturated carbocycles. The molecular weight excluding hydrogens is 502 g/mol. The van der Waals surface area contributed by atoms with Crippen LogP contribution in [0.4, 0.5) is 0 Å². The molecule has 2 aromatic heterocycles. The number of H-pyrrole nitrogens is 1. The summed E-state index contributed by atoms with van der Waals surface area (Å²) in [6.45, 7) is 6.73. The number of aromatic nitrogens is 3. The van der Waals surface area contributed by atoms with E-state index in [0.29, 0.717) is 28.1 Å². The molecule has 198 valence electrons. The van der Waals surface area contributed by atoms with E-state index in [1.165, 1.54) is 29.5 Å². The van der Waals surface area contributed by atoms with E-state index in [1.807, 2.05) is 0 Å². The zero-order valence-corrected chi connectivity index (χ0v) is 22.6. The number of likely N-dealkylation sites (tertiary alicyclic amines) is 1. The number of carbonyl (C=O) groups excluding carboxylic acids is 1. The van der Waals surface area contributed by atoms with Gasteiger partial charge in [-0.15, -0.1) is 0 Å². The number of aryl methyl sites for hydroxylation is 2. The Morgan fingerprint density at radius 2 is 1.84 bits per heavy atom. The first-order valence-electron chi connectivity index (χ1n) is 12.9. The summed E-state index contributed by atoms with van der Waals surface area (Å²) in [5.74, 6) is -0.110. The number of aromatic amines is 1. The second kappa shape index (κ2) is 9.28. The van der Waals surface area contributed by atoms with E-state index < -0.39 is 10.1 Å². The molecule has 0 aliphatic carbocycles. The Morgan fingerprint density at radius 1 is 1.05 bits per heavy atom. The van der Waals surface area contributed by atoms with Gasteiger partial charge < -0.3 is 14.5 Å². The Hall–Kier alpha value is -3.63. The summed E-state index contributed by atoms with van der Waals surface area (Å²) in [5, 5.41) is 8.10. The molecule has 0 bridgehead atoms. The van der Waals surface area contributed by atoms with E-state index >= 15 is 0 Å². The number of carbonyl (C=O) groups is 1. The van der Waals surface area contributed by atoms with Gasteiger partial charge in [0.15, 0.2) is 0 Å². The van der Waals surface area contributed by atoms with Crippen LogP contribution in [0.2, 0.25) is 0 Å². The quantitative estimate of drug-likeness (QED) is 0.360. The molecule has 1 saturated heterocycles. The largest absolute Gasteiger partial charge is 0.378 e. The molecule has 38 heavy (non-hydrogen) atoms. The topological polar surface area (TPSA) is 109 Å². The van der Waals surface area contributed by atoms with Crippen LogP contribution in [0, 0.1) is 13.8 Å².